The molecule has 6 N–H and O–H groups in total. The molecule has 0 radical (unpaired) electrons. The molecule has 0 aromatic rings. The number of nitrogens with one attached hydrogen (secondary N) is 4. The third-order valence-corrected chi connectivity index (χ3v) is 20.9. The lowest BCUT2D eigenvalue weighted by Crippen LogP contribution is -2.60. The normalized spacial score (nSPS) is 24.9. The maximum atomic E-state index is 12.9. The number of esters is 6. The van der Waals surface area contributed by atoms with E-state index in [9.17, 15) is 39.2 Å². The zero-order chi connectivity index (χ0) is 75.9. The molecule has 0 amide bonds. The molecule has 6 heterocycles. The van der Waals surface area contributed by atoms with E-state index in [0.29, 0.717) is 44.9 Å². The molecule has 0 aliphatic carbocycles. The minimum absolute atomic E-state index is 0.000484. The molecule has 1 unspecified atom stereocenters. The summed E-state index contributed by atoms with van der Waals surface area (Å²) in [4.78, 5) is 74.4. The van der Waals surface area contributed by atoms with Gasteiger partial charge in [-0.1, -0.05) is 58.3 Å². The molecule has 0 saturated carbocycles. The molecule has 6 saturated heterocycles. The van der Waals surface area contributed by atoms with Crippen molar-refractivity contribution < 1.29 is 67.6 Å². The zero-order valence-electron chi connectivity index (χ0n) is 67.9. The average Bonchev–Trinajstić information content (AvgIpc) is 0.793. The minimum Gasteiger partial charge on any atom is -0.462 e. The van der Waals surface area contributed by atoms with E-state index in [1.54, 1.807) is 0 Å². The van der Waals surface area contributed by atoms with Crippen molar-refractivity contribution in [2.75, 3.05) is 0 Å². The van der Waals surface area contributed by atoms with Gasteiger partial charge in [0.05, 0.1) is 18.8 Å². The van der Waals surface area contributed by atoms with Gasteiger partial charge in [-0.05, 0) is 198 Å². The van der Waals surface area contributed by atoms with Crippen molar-refractivity contribution in [3.8, 4) is 0 Å². The van der Waals surface area contributed by atoms with E-state index in [2.05, 4.69) is 139 Å². The Morgan fingerprint density at radius 1 is 0.300 bits per heavy atom. The van der Waals surface area contributed by atoms with Crippen molar-refractivity contribution in [2.24, 2.45) is 5.92 Å². The highest BCUT2D eigenvalue weighted by Crippen LogP contribution is 2.41. The maximum Gasteiger partial charge on any atom is 0.309 e. The number of carbonyl (C=O) groups excluding carboxylic acids is 6. The molecular formula is C80H148N6O14. The maximum absolute atomic E-state index is 12.9. The van der Waals surface area contributed by atoms with Gasteiger partial charge in [0.1, 0.15) is 36.6 Å². The lowest BCUT2D eigenvalue weighted by Gasteiger charge is -2.51. The molecule has 100 heavy (non-hydrogen) atoms. The van der Waals surface area contributed by atoms with Crippen molar-refractivity contribution >= 4 is 35.8 Å². The smallest absolute Gasteiger partial charge is 0.309 e. The van der Waals surface area contributed by atoms with Gasteiger partial charge in [0.15, 0.2) is 0 Å². The summed E-state index contributed by atoms with van der Waals surface area (Å²) in [5.41, 5.74) is -2.17. The van der Waals surface area contributed by atoms with Gasteiger partial charge in [-0.3, -0.25) is 28.8 Å². The number of rotatable bonds is 28. The van der Waals surface area contributed by atoms with Crippen molar-refractivity contribution in [3.05, 3.63) is 0 Å². The van der Waals surface area contributed by atoms with E-state index in [1.807, 2.05) is 55.4 Å². The van der Waals surface area contributed by atoms with Crippen molar-refractivity contribution in [3.63, 3.8) is 0 Å². The van der Waals surface area contributed by atoms with Crippen LogP contribution in [-0.4, -0.2) is 159 Å². The van der Waals surface area contributed by atoms with E-state index < -0.39 is 34.1 Å². The van der Waals surface area contributed by atoms with Crippen LogP contribution in [0.3, 0.4) is 0 Å². The molecule has 582 valence electrons. The highest BCUT2D eigenvalue weighted by atomic mass is 16.6. The van der Waals surface area contributed by atoms with Crippen LogP contribution in [0, 0.1) is 5.92 Å². The van der Waals surface area contributed by atoms with Gasteiger partial charge >= 0.3 is 35.8 Å². The van der Waals surface area contributed by atoms with Crippen LogP contribution in [0.5, 0.6) is 0 Å². The van der Waals surface area contributed by atoms with Crippen molar-refractivity contribution in [2.45, 2.75) is 469 Å². The van der Waals surface area contributed by atoms with Gasteiger partial charge in [0.25, 0.3) is 0 Å². The Hall–Kier alpha value is -3.50. The second-order valence-corrected chi connectivity index (χ2v) is 39.0. The highest BCUT2D eigenvalue weighted by Gasteiger charge is 2.49. The van der Waals surface area contributed by atoms with Crippen LogP contribution in [0.25, 0.3) is 0 Å². The standard InChI is InChI=1S/C30H56N2O4.C28H52N2O4.C22H40N2O6/c1-10-22(26(34)36-24-20-29(6,7)32-30(8,9)21-24)16-14-12-11-13-15-17-25(33)35-23-18-27(2,3)31-28(4,5)19-23;1-25(2)17-21(18-26(3,4)29-25)33-23(31)15-13-11-9-10-12-14-16-24(32)34-22-19-27(5,6)30-28(7,8)20-22;1-19(2)11-15(12-20(3,4)23(19)27)29-17(25)9-10-18(26)30-16-13-21(5,6)24(28)22(7,8)14-16/h22-24,31-32H,10-21H2,1-9H3;21-22,29-30H,9-20H2,1-8H3;15-16,27-28H,9-14H2,1-8H3. The molecule has 0 spiro atoms. The highest BCUT2D eigenvalue weighted by molar-refractivity contribution is 5.78. The topological polar surface area (TPSA) is 253 Å². The summed E-state index contributed by atoms with van der Waals surface area (Å²) in [7, 11) is 0. The van der Waals surface area contributed by atoms with Crippen LogP contribution in [0.15, 0.2) is 0 Å². The van der Waals surface area contributed by atoms with Crippen molar-refractivity contribution in [1.82, 2.24) is 31.4 Å². The van der Waals surface area contributed by atoms with Crippen LogP contribution in [-0.2, 0) is 57.2 Å². The van der Waals surface area contributed by atoms with Crippen molar-refractivity contribution in [1.29, 1.82) is 0 Å². The van der Waals surface area contributed by atoms with E-state index in [4.69, 9.17) is 28.4 Å². The first kappa shape index (κ1) is 88.9. The summed E-state index contributed by atoms with van der Waals surface area (Å²) < 4.78 is 34.6. The number of hydrogen-bond acceptors (Lipinski definition) is 20. The van der Waals surface area contributed by atoms with Gasteiger partial charge in [-0.15, -0.1) is 0 Å². The lowest BCUT2D eigenvalue weighted by molar-refractivity contribution is -0.260. The fourth-order valence-corrected chi connectivity index (χ4v) is 18.4. The Kier molecular flexibility index (Phi) is 32.2. The predicted molar refractivity (Wildman–Crippen MR) is 396 cm³/mol. The van der Waals surface area contributed by atoms with Crippen LogP contribution in [0.4, 0.5) is 0 Å². The number of piperidine rings is 6. The van der Waals surface area contributed by atoms with Gasteiger partial charge in [-0.25, -0.2) is 0 Å². The number of nitrogens with zero attached hydrogens (tertiary/aromatic N) is 2. The Morgan fingerprint density at radius 3 is 0.720 bits per heavy atom. The van der Waals surface area contributed by atoms with Gasteiger partial charge in [0.2, 0.25) is 0 Å². The second-order valence-electron chi connectivity index (χ2n) is 39.0. The SMILES string of the molecule is CC1(C)CC(OC(=O)CCC(=O)OC2CC(C)(C)N(O)C(C)(C)C2)CC(C)(C)N1O.CC1(C)CC(OC(=O)CCCCCCCCC(=O)OC2CC(C)(C)NC(C)(C)C2)CC(C)(C)N1.CCC(CCCCCCCC(=O)OC1CC(C)(C)NC(C)(C)C1)C(=O)OC1CC(C)(C)NC(C)(C)C1. The van der Waals surface area contributed by atoms with Gasteiger partial charge < -0.3 is 60.1 Å². The molecule has 20 nitrogen and oxygen atoms in total. The molecule has 6 aliphatic heterocycles. The number of carbonyl (C=O) groups is 6. The third kappa shape index (κ3) is 32.1. The summed E-state index contributed by atoms with van der Waals surface area (Å²) in [6.07, 6.45) is 22.5. The second kappa shape index (κ2) is 36.2. The summed E-state index contributed by atoms with van der Waals surface area (Å²) in [6, 6.07) is 0. The fraction of sp³-hybridized carbons (Fsp3) is 0.925. The number of hydroxylamine groups is 4. The van der Waals surface area contributed by atoms with E-state index in [-0.39, 0.29) is 124 Å². The van der Waals surface area contributed by atoms with Crippen LogP contribution < -0.4 is 21.3 Å². The number of ether oxygens (including phenoxy) is 6. The summed E-state index contributed by atoms with van der Waals surface area (Å²) >= 11 is 0. The third-order valence-electron chi connectivity index (χ3n) is 20.9. The lowest BCUT2D eigenvalue weighted by atomic mass is 9.80. The largest absolute Gasteiger partial charge is 0.462 e. The molecule has 6 rings (SSSR count). The summed E-state index contributed by atoms with van der Waals surface area (Å²) in [6.45, 7) is 52.1. The number of hydrogen-bond donors (Lipinski definition) is 6. The van der Waals surface area contributed by atoms with Crippen LogP contribution >= 0.6 is 0 Å². The quantitative estimate of drug-likeness (QED) is 0.0242. The Balaban J connectivity index is 0.000000320. The summed E-state index contributed by atoms with van der Waals surface area (Å²) in [5.74, 6) is -1.09. The van der Waals surface area contributed by atoms with E-state index in [1.165, 1.54) is 10.1 Å². The van der Waals surface area contributed by atoms with E-state index >= 15 is 0 Å². The molecule has 20 heteroatoms. The molecule has 0 aromatic carbocycles. The number of unbranched alkanes of at least 4 members (excludes halogenated alkanes) is 9. The Labute approximate surface area is 606 Å². The molecular weight excluding hydrogens is 1270 g/mol. The molecule has 6 aliphatic rings. The monoisotopic (exact) mass is 1420 g/mol. The first-order chi connectivity index (χ1) is 45.5. The molecule has 1 atom stereocenters. The zero-order valence-corrected chi connectivity index (χ0v) is 67.9. The molecule has 6 fully saturated rings. The fourth-order valence-electron chi connectivity index (χ4n) is 18.4. The van der Waals surface area contributed by atoms with Crippen LogP contribution in [0.2, 0.25) is 0 Å². The summed E-state index contributed by atoms with van der Waals surface area (Å²) in [5, 5.41) is 37.9. The average molecular weight is 1420 g/mol. The van der Waals surface area contributed by atoms with Gasteiger partial charge in [-0.2, -0.15) is 10.1 Å². The Morgan fingerprint density at radius 2 is 0.490 bits per heavy atom. The Bertz CT molecular complexity index is 2410. The predicted octanol–water partition coefficient (Wildman–Crippen LogP) is 15.9. The first-order valence-corrected chi connectivity index (χ1v) is 38.9. The minimum atomic E-state index is -0.507. The van der Waals surface area contributed by atoms with Crippen LogP contribution in [0.1, 0.15) is 366 Å². The molecule has 0 bridgehead atoms. The van der Waals surface area contributed by atoms with E-state index in [0.717, 1.165) is 135 Å². The van der Waals surface area contributed by atoms with Gasteiger partial charge in [0, 0.05) is 163 Å². The molecule has 0 aromatic heterocycles. The first-order valence-electron chi connectivity index (χ1n) is 38.9.